The molecule has 0 aliphatic carbocycles. The molecule has 1 amide bonds. The Bertz CT molecular complexity index is 859. The molecule has 7 nitrogen and oxygen atoms in total. The van der Waals surface area contributed by atoms with Crippen LogP contribution in [-0.2, 0) is 4.79 Å². The number of aliphatic hydroxyl groups is 1. The summed E-state index contributed by atoms with van der Waals surface area (Å²) in [5, 5.41) is 18.4. The fourth-order valence-corrected chi connectivity index (χ4v) is 2.35. The van der Waals surface area contributed by atoms with Gasteiger partial charge in [-0.1, -0.05) is 47.6 Å². The van der Waals surface area contributed by atoms with Gasteiger partial charge in [0.2, 0.25) is 11.9 Å². The Kier molecular flexibility index (Phi) is 6.79. The van der Waals surface area contributed by atoms with Gasteiger partial charge in [0, 0.05) is 16.8 Å². The standard InChI is InChI=1S/C21H30FN5O2/c1-20(2,3)16(12-28)26-17-15(22)11-23-19(27-17)25-14-9-7-8-13(10-14)24-18(29)21(4,5)6/h7-11,16,28H,12H2,1-6H3,(H,24,29)(H2,23,25,26,27)/t16-/m1/s1. The number of carbonyl (C=O) groups excluding carboxylic acids is 1. The van der Waals surface area contributed by atoms with Gasteiger partial charge in [0.15, 0.2) is 11.6 Å². The second-order valence-corrected chi connectivity index (χ2v) is 9.05. The van der Waals surface area contributed by atoms with Crippen LogP contribution in [0, 0.1) is 16.6 Å². The number of aliphatic hydroxyl groups excluding tert-OH is 1. The Labute approximate surface area is 171 Å². The lowest BCUT2D eigenvalue weighted by Crippen LogP contribution is -2.37. The van der Waals surface area contributed by atoms with E-state index in [1.165, 1.54) is 0 Å². The summed E-state index contributed by atoms with van der Waals surface area (Å²) >= 11 is 0. The number of hydrogen-bond acceptors (Lipinski definition) is 6. The maximum atomic E-state index is 14.2. The maximum Gasteiger partial charge on any atom is 0.229 e. The number of nitrogens with zero attached hydrogens (tertiary/aromatic N) is 2. The molecule has 0 fully saturated rings. The van der Waals surface area contributed by atoms with Gasteiger partial charge in [0.05, 0.1) is 18.8 Å². The van der Waals surface area contributed by atoms with Gasteiger partial charge in [0.25, 0.3) is 0 Å². The highest BCUT2D eigenvalue weighted by Crippen LogP contribution is 2.25. The third kappa shape index (κ3) is 6.39. The maximum absolute atomic E-state index is 14.2. The molecule has 2 aromatic rings. The zero-order valence-corrected chi connectivity index (χ0v) is 17.8. The van der Waals surface area contributed by atoms with Crippen molar-refractivity contribution < 1.29 is 14.3 Å². The van der Waals surface area contributed by atoms with Crippen molar-refractivity contribution in [1.29, 1.82) is 0 Å². The van der Waals surface area contributed by atoms with Crippen LogP contribution in [0.25, 0.3) is 0 Å². The van der Waals surface area contributed by atoms with Crippen molar-refractivity contribution >= 4 is 29.0 Å². The minimum absolute atomic E-state index is 0.00802. The number of carbonyl (C=O) groups is 1. The van der Waals surface area contributed by atoms with Gasteiger partial charge in [-0.3, -0.25) is 4.79 Å². The van der Waals surface area contributed by atoms with Crippen molar-refractivity contribution in [3.8, 4) is 0 Å². The van der Waals surface area contributed by atoms with Crippen molar-refractivity contribution in [2.24, 2.45) is 10.8 Å². The molecule has 1 aromatic heterocycles. The monoisotopic (exact) mass is 403 g/mol. The number of aromatic nitrogens is 2. The largest absolute Gasteiger partial charge is 0.394 e. The van der Waals surface area contributed by atoms with Crippen LogP contribution in [0.3, 0.4) is 0 Å². The summed E-state index contributed by atoms with van der Waals surface area (Å²) in [5.41, 5.74) is 0.465. The van der Waals surface area contributed by atoms with Gasteiger partial charge >= 0.3 is 0 Å². The van der Waals surface area contributed by atoms with E-state index >= 15 is 0 Å². The van der Waals surface area contributed by atoms with E-state index in [9.17, 15) is 14.3 Å². The molecular weight excluding hydrogens is 373 g/mol. The predicted octanol–water partition coefficient (Wildman–Crippen LogP) is 4.16. The molecule has 29 heavy (non-hydrogen) atoms. The third-order valence-corrected chi connectivity index (χ3v) is 4.34. The van der Waals surface area contributed by atoms with Crippen LogP contribution in [0.5, 0.6) is 0 Å². The lowest BCUT2D eigenvalue weighted by atomic mass is 9.87. The van der Waals surface area contributed by atoms with E-state index in [2.05, 4.69) is 25.9 Å². The normalized spacial score (nSPS) is 13.0. The first-order valence-electron chi connectivity index (χ1n) is 9.48. The summed E-state index contributed by atoms with van der Waals surface area (Å²) < 4.78 is 14.2. The number of anilines is 4. The third-order valence-electron chi connectivity index (χ3n) is 4.34. The summed E-state index contributed by atoms with van der Waals surface area (Å²) in [6, 6.07) is 6.72. The minimum atomic E-state index is -0.607. The van der Waals surface area contributed by atoms with Crippen LogP contribution in [0.4, 0.5) is 27.5 Å². The van der Waals surface area contributed by atoms with Crippen LogP contribution >= 0.6 is 0 Å². The zero-order valence-electron chi connectivity index (χ0n) is 17.8. The zero-order chi connectivity index (χ0) is 21.8. The van der Waals surface area contributed by atoms with Gasteiger partial charge < -0.3 is 21.1 Å². The Balaban J connectivity index is 2.19. The van der Waals surface area contributed by atoms with Gasteiger partial charge in [-0.15, -0.1) is 0 Å². The number of hydrogen-bond donors (Lipinski definition) is 4. The van der Waals surface area contributed by atoms with E-state index in [4.69, 9.17) is 0 Å². The summed E-state index contributed by atoms with van der Waals surface area (Å²) in [7, 11) is 0. The Morgan fingerprint density at radius 3 is 2.41 bits per heavy atom. The van der Waals surface area contributed by atoms with Crippen molar-refractivity contribution in [2.75, 3.05) is 22.6 Å². The average molecular weight is 404 g/mol. The van der Waals surface area contributed by atoms with Gasteiger partial charge in [-0.05, 0) is 23.6 Å². The molecule has 0 aliphatic rings. The smallest absolute Gasteiger partial charge is 0.229 e. The summed E-state index contributed by atoms with van der Waals surface area (Å²) in [6.07, 6.45) is 1.07. The fourth-order valence-electron chi connectivity index (χ4n) is 2.35. The molecule has 8 heteroatoms. The second kappa shape index (κ2) is 8.73. The Morgan fingerprint density at radius 1 is 1.17 bits per heavy atom. The minimum Gasteiger partial charge on any atom is -0.394 e. The van der Waals surface area contributed by atoms with E-state index < -0.39 is 11.2 Å². The fraction of sp³-hybridized carbons (Fsp3) is 0.476. The van der Waals surface area contributed by atoms with Gasteiger partial charge in [0.1, 0.15) is 0 Å². The quantitative estimate of drug-likeness (QED) is 0.578. The number of benzene rings is 1. The molecule has 0 radical (unpaired) electrons. The molecule has 1 aromatic carbocycles. The van der Waals surface area contributed by atoms with Crippen LogP contribution in [-0.4, -0.2) is 33.6 Å². The molecule has 1 atom stereocenters. The van der Waals surface area contributed by atoms with Crippen LogP contribution in [0.1, 0.15) is 41.5 Å². The van der Waals surface area contributed by atoms with E-state index in [0.29, 0.717) is 11.4 Å². The number of amides is 1. The van der Waals surface area contributed by atoms with Crippen molar-refractivity contribution in [2.45, 2.75) is 47.6 Å². The van der Waals surface area contributed by atoms with E-state index in [1.807, 2.05) is 41.5 Å². The first-order chi connectivity index (χ1) is 13.4. The topological polar surface area (TPSA) is 99.2 Å². The van der Waals surface area contributed by atoms with Crippen molar-refractivity contribution in [3.63, 3.8) is 0 Å². The SMILES string of the molecule is CC(C)(C)C(=O)Nc1cccc(Nc2ncc(F)c(N[C@H](CO)C(C)(C)C)n2)c1. The molecule has 158 valence electrons. The molecule has 0 saturated carbocycles. The molecular formula is C21H30FN5O2. The molecule has 2 rings (SSSR count). The van der Waals surface area contributed by atoms with E-state index in [1.54, 1.807) is 24.3 Å². The number of nitrogens with one attached hydrogen (secondary N) is 3. The summed E-state index contributed by atoms with van der Waals surface area (Å²) in [6.45, 7) is 11.2. The summed E-state index contributed by atoms with van der Waals surface area (Å²) in [5.74, 6) is -0.506. The van der Waals surface area contributed by atoms with Gasteiger partial charge in [-0.2, -0.15) is 4.98 Å². The van der Waals surface area contributed by atoms with Crippen molar-refractivity contribution in [1.82, 2.24) is 9.97 Å². The van der Waals surface area contributed by atoms with Crippen molar-refractivity contribution in [3.05, 3.63) is 36.3 Å². The first kappa shape index (κ1) is 22.5. The van der Waals surface area contributed by atoms with E-state index in [0.717, 1.165) is 6.20 Å². The molecule has 0 unspecified atom stereocenters. The van der Waals surface area contributed by atoms with Crippen LogP contribution in [0.2, 0.25) is 0 Å². The average Bonchev–Trinajstić information content (AvgIpc) is 2.60. The molecule has 1 heterocycles. The second-order valence-electron chi connectivity index (χ2n) is 9.05. The predicted molar refractivity (Wildman–Crippen MR) is 114 cm³/mol. The number of rotatable bonds is 6. The summed E-state index contributed by atoms with van der Waals surface area (Å²) in [4.78, 5) is 20.3. The van der Waals surface area contributed by atoms with Gasteiger partial charge in [-0.25, -0.2) is 9.37 Å². The van der Waals surface area contributed by atoms with Crippen LogP contribution in [0.15, 0.2) is 30.5 Å². The highest BCUT2D eigenvalue weighted by molar-refractivity contribution is 5.94. The Morgan fingerprint density at radius 2 is 1.83 bits per heavy atom. The van der Waals surface area contributed by atoms with Crippen LogP contribution < -0.4 is 16.0 Å². The molecule has 4 N–H and O–H groups in total. The first-order valence-corrected chi connectivity index (χ1v) is 9.48. The Hall–Kier alpha value is -2.74. The molecule has 0 saturated heterocycles. The van der Waals surface area contributed by atoms with E-state index in [-0.39, 0.29) is 35.7 Å². The highest BCUT2D eigenvalue weighted by Gasteiger charge is 2.25. The molecule has 0 aliphatic heterocycles. The lowest BCUT2D eigenvalue weighted by molar-refractivity contribution is -0.123. The highest BCUT2D eigenvalue weighted by atomic mass is 19.1. The number of halogens is 1. The lowest BCUT2D eigenvalue weighted by Gasteiger charge is -2.30. The molecule has 0 bridgehead atoms. The molecule has 0 spiro atoms.